The Morgan fingerprint density at radius 3 is 1.36 bits per heavy atom. The molecule has 0 spiro atoms. The van der Waals surface area contributed by atoms with Crippen LogP contribution in [-0.2, 0) is 39.7 Å². The summed E-state index contributed by atoms with van der Waals surface area (Å²) in [5.41, 5.74) is 3.42. The zero-order valence-corrected chi connectivity index (χ0v) is 45.0. The topological polar surface area (TPSA) is 114 Å². The number of fused-ring (bicyclic) bond motifs is 2. The molecule has 386 valence electrons. The zero-order chi connectivity index (χ0) is 53.2. The van der Waals surface area contributed by atoms with Crippen molar-refractivity contribution < 1.29 is 52.7 Å². The maximum Gasteiger partial charge on any atom is 0.573 e. The van der Waals surface area contributed by atoms with E-state index in [4.69, 9.17) is 0 Å². The van der Waals surface area contributed by atoms with Gasteiger partial charge in [-0.1, -0.05) is 60.7 Å². The van der Waals surface area contributed by atoms with Gasteiger partial charge in [-0.05, 0) is 168 Å². The minimum Gasteiger partial charge on any atom is -0.406 e. The van der Waals surface area contributed by atoms with Crippen LogP contribution in [0, 0.1) is 17.4 Å². The molecule has 0 fully saturated rings. The lowest BCUT2D eigenvalue weighted by Crippen LogP contribution is -2.30. The van der Waals surface area contributed by atoms with Gasteiger partial charge in [-0.25, -0.2) is 21.8 Å². The summed E-state index contributed by atoms with van der Waals surface area (Å²) in [5, 5.41) is 2.99. The number of hydrogen-bond donors (Lipinski definition) is 0. The molecule has 9 aromatic rings. The van der Waals surface area contributed by atoms with Crippen molar-refractivity contribution in [2.45, 2.75) is 56.0 Å². The second kappa shape index (κ2) is 22.0. The highest BCUT2D eigenvalue weighted by molar-refractivity contribution is 14.1. The molecule has 0 aliphatic rings. The highest BCUT2D eigenvalue weighted by Gasteiger charge is 2.34. The Morgan fingerprint density at radius 1 is 0.568 bits per heavy atom. The molecule has 0 radical (unpaired) electrons. The molecular formula is C52H44F6IN5O6S4. The van der Waals surface area contributed by atoms with Crippen molar-refractivity contribution in [2.75, 3.05) is 22.7 Å². The van der Waals surface area contributed by atoms with E-state index in [2.05, 4.69) is 37.0 Å². The molecule has 0 amide bonds. The summed E-state index contributed by atoms with van der Waals surface area (Å²) in [4.78, 5) is 6.61. The molecule has 0 atom stereocenters. The molecule has 0 unspecified atom stereocenters. The molecule has 0 saturated carbocycles. The number of anilines is 2. The van der Waals surface area contributed by atoms with Crippen LogP contribution < -0.4 is 18.1 Å². The Hall–Kier alpha value is -6.18. The smallest absolute Gasteiger partial charge is 0.406 e. The summed E-state index contributed by atoms with van der Waals surface area (Å²) in [6.07, 6.45) is -6.10. The van der Waals surface area contributed by atoms with Gasteiger partial charge in [-0.3, -0.25) is 8.61 Å². The first kappa shape index (κ1) is 54.1. The number of ether oxygens (including phenoxy) is 2. The first-order valence-corrected chi connectivity index (χ1v) is 27.8. The lowest BCUT2D eigenvalue weighted by Gasteiger charge is -2.24. The fourth-order valence-electron chi connectivity index (χ4n) is 7.86. The van der Waals surface area contributed by atoms with E-state index in [1.807, 2.05) is 92.1 Å². The Kier molecular flexibility index (Phi) is 16.1. The number of imidazole rings is 1. The molecule has 22 heteroatoms. The Morgan fingerprint density at radius 2 is 0.973 bits per heavy atom. The van der Waals surface area contributed by atoms with Crippen LogP contribution in [0.15, 0.2) is 168 Å². The zero-order valence-electron chi connectivity index (χ0n) is 39.6. The van der Waals surface area contributed by atoms with Crippen LogP contribution in [0.25, 0.3) is 25.9 Å². The van der Waals surface area contributed by atoms with Crippen LogP contribution in [0.5, 0.6) is 11.5 Å². The average Bonchev–Trinajstić information content (AvgIpc) is 4.05. The predicted octanol–water partition coefficient (Wildman–Crippen LogP) is 13.9. The molecule has 0 aliphatic carbocycles. The second-order valence-corrected chi connectivity index (χ2v) is 23.9. The molecular weight excluding hydrogens is 1160 g/mol. The molecule has 0 N–H and O–H groups in total. The summed E-state index contributed by atoms with van der Waals surface area (Å²) >= 11 is 4.81. The molecule has 74 heavy (non-hydrogen) atoms. The highest BCUT2D eigenvalue weighted by Crippen LogP contribution is 2.43. The Balaban J connectivity index is 0.000000202. The van der Waals surface area contributed by atoms with E-state index in [1.165, 1.54) is 79.8 Å². The van der Waals surface area contributed by atoms with E-state index >= 15 is 0 Å². The number of hydrogen-bond acceptors (Lipinski definition) is 10. The number of aryl methyl sites for hydroxylation is 2. The van der Waals surface area contributed by atoms with Gasteiger partial charge >= 0.3 is 12.7 Å². The maximum atomic E-state index is 14.2. The third-order valence-electron chi connectivity index (χ3n) is 11.3. The molecule has 6 aromatic carbocycles. The Bertz CT molecular complexity index is 3620. The number of benzene rings is 6. The first-order chi connectivity index (χ1) is 35.0. The average molecular weight is 1200 g/mol. The van der Waals surface area contributed by atoms with Gasteiger partial charge in [0.15, 0.2) is 0 Å². The van der Waals surface area contributed by atoms with Crippen LogP contribution in [0.3, 0.4) is 0 Å². The number of alkyl halides is 6. The lowest BCUT2D eigenvalue weighted by molar-refractivity contribution is -0.275. The van der Waals surface area contributed by atoms with Crippen LogP contribution in [0.1, 0.15) is 28.1 Å². The lowest BCUT2D eigenvalue weighted by atomic mass is 10.2. The van der Waals surface area contributed by atoms with Gasteiger partial charge in [0.25, 0.3) is 20.0 Å². The highest BCUT2D eigenvalue weighted by atomic mass is 127. The van der Waals surface area contributed by atoms with Crippen molar-refractivity contribution in [3.63, 3.8) is 0 Å². The second-order valence-electron chi connectivity index (χ2n) is 16.9. The molecule has 11 nitrogen and oxygen atoms in total. The van der Waals surface area contributed by atoms with Gasteiger partial charge in [0.2, 0.25) is 0 Å². The van der Waals surface area contributed by atoms with Crippen molar-refractivity contribution in [3.8, 4) is 17.2 Å². The van der Waals surface area contributed by atoms with Crippen molar-refractivity contribution in [1.82, 2.24) is 14.5 Å². The van der Waals surface area contributed by atoms with Crippen LogP contribution in [0.2, 0.25) is 0 Å². The number of rotatable bonds is 15. The number of nitrogens with zero attached hydrogens (tertiary/aromatic N) is 5. The summed E-state index contributed by atoms with van der Waals surface area (Å²) < 4.78 is 146. The monoisotopic (exact) mass is 1200 g/mol. The van der Waals surface area contributed by atoms with Crippen molar-refractivity contribution in [2.24, 2.45) is 0 Å². The summed E-state index contributed by atoms with van der Waals surface area (Å²) in [5.74, 6) is 0.0693. The molecule has 3 heterocycles. The van der Waals surface area contributed by atoms with Gasteiger partial charge in [0.1, 0.15) is 27.3 Å². The minimum atomic E-state index is -4.82. The summed E-state index contributed by atoms with van der Waals surface area (Å²) in [6, 6.07) is 38.8. The summed E-state index contributed by atoms with van der Waals surface area (Å²) in [6.45, 7) is 4.21. The SMILES string of the molecule is Cc1c(N(Cc2ccc(OC(F)(F)F)cc2)S(=O)(=O)c2ccc(-n3ccnc3CN(C)C)cc2)sc2ccccc12.Cc1c(N(Cc2ccc(OC(F)(F)F)cc2)S(=O)(=O)c2ccc(I)cc2)sc2ccccc12. The van der Waals surface area contributed by atoms with Crippen LogP contribution in [-0.4, -0.2) is 58.1 Å². The fourth-order valence-corrected chi connectivity index (χ4v) is 14.1. The molecule has 3 aromatic heterocycles. The normalized spacial score (nSPS) is 12.2. The van der Waals surface area contributed by atoms with E-state index in [0.717, 1.165) is 46.4 Å². The predicted molar refractivity (Wildman–Crippen MR) is 286 cm³/mol. The third kappa shape index (κ3) is 12.7. The van der Waals surface area contributed by atoms with Gasteiger partial charge in [0.05, 0.1) is 29.4 Å². The van der Waals surface area contributed by atoms with E-state index in [0.29, 0.717) is 27.7 Å². The summed E-state index contributed by atoms with van der Waals surface area (Å²) in [7, 11) is -4.14. The van der Waals surface area contributed by atoms with E-state index in [-0.39, 0.29) is 34.4 Å². The third-order valence-corrected chi connectivity index (χ3v) is 18.4. The quantitative estimate of drug-likeness (QED) is 0.0736. The standard InChI is InChI=1S/C29H27F3N4O3S2.C23H17F3INO3S2/c1-20-25-6-4-5-7-26(25)40-28(20)36(18-21-8-12-23(13-9-21)39-29(30,31)32)41(37,38)24-14-10-22(11-15-24)35-17-16-33-27(35)19-34(2)3;1-15-20-4-2-3-5-21(20)32-22(15)28(33(29,30)19-12-8-17(27)9-13-19)14-16-6-10-18(11-7-16)31-23(24,25)26/h4-17H,18-19H2,1-3H3;2-13H,14H2,1H3. The minimum absolute atomic E-state index is 0.0473. The molecule has 0 bridgehead atoms. The molecule has 0 aliphatic heterocycles. The number of thiophene rings is 2. The van der Waals surface area contributed by atoms with Gasteiger partial charge in [-0.2, -0.15) is 0 Å². The maximum absolute atomic E-state index is 14.2. The van der Waals surface area contributed by atoms with Crippen molar-refractivity contribution in [1.29, 1.82) is 0 Å². The Labute approximate surface area is 445 Å². The fraction of sp³-hybridized carbons (Fsp3) is 0.173. The van der Waals surface area contributed by atoms with Gasteiger partial charge < -0.3 is 18.9 Å². The van der Waals surface area contributed by atoms with Crippen molar-refractivity contribution >= 4 is 95.5 Å². The van der Waals surface area contributed by atoms with Crippen LogP contribution in [0.4, 0.5) is 36.3 Å². The molecule has 0 saturated heterocycles. The van der Waals surface area contributed by atoms with E-state index in [1.54, 1.807) is 54.7 Å². The number of halogens is 7. The van der Waals surface area contributed by atoms with Gasteiger partial charge in [0, 0.05) is 31.1 Å². The van der Waals surface area contributed by atoms with Crippen LogP contribution >= 0.6 is 45.3 Å². The first-order valence-electron chi connectivity index (χ1n) is 22.2. The van der Waals surface area contributed by atoms with Gasteiger partial charge in [-0.15, -0.1) is 49.0 Å². The van der Waals surface area contributed by atoms with E-state index in [9.17, 15) is 43.2 Å². The largest absolute Gasteiger partial charge is 0.573 e. The number of aromatic nitrogens is 2. The van der Waals surface area contributed by atoms with Crippen molar-refractivity contribution in [3.05, 3.63) is 190 Å². The molecule has 9 rings (SSSR count). The van der Waals surface area contributed by atoms with E-state index < -0.39 is 32.8 Å². The number of sulfonamides is 2.